The van der Waals surface area contributed by atoms with Crippen LogP contribution in [0.4, 0.5) is 0 Å². The monoisotopic (exact) mass is 348 g/mol. The Hall–Kier alpha value is -2.18. The molecule has 0 spiro atoms. The van der Waals surface area contributed by atoms with Crippen molar-refractivity contribution in [3.63, 3.8) is 0 Å². The molecule has 1 aliphatic rings. The van der Waals surface area contributed by atoms with Gasteiger partial charge in [0.1, 0.15) is 0 Å². The molecule has 2 aromatic carbocycles. The van der Waals surface area contributed by atoms with Crippen LogP contribution in [0, 0.1) is 0 Å². The molecule has 0 bridgehead atoms. The third-order valence-corrected chi connectivity index (χ3v) is 6.74. The normalized spacial score (nSPS) is 15.4. The summed E-state index contributed by atoms with van der Waals surface area (Å²) in [6, 6.07) is 21.9. The van der Waals surface area contributed by atoms with Crippen LogP contribution < -0.4 is 10.6 Å². The lowest BCUT2D eigenvalue weighted by Gasteiger charge is -2.24. The number of nitrogens with zero attached hydrogens (tertiary/aromatic N) is 2. The summed E-state index contributed by atoms with van der Waals surface area (Å²) in [7, 11) is 3.48. The molecule has 0 radical (unpaired) electrons. The van der Waals surface area contributed by atoms with Gasteiger partial charge < -0.3 is 4.90 Å². The van der Waals surface area contributed by atoms with Crippen LogP contribution in [-0.4, -0.2) is 31.4 Å². The van der Waals surface area contributed by atoms with Crippen molar-refractivity contribution in [2.45, 2.75) is 19.4 Å². The van der Waals surface area contributed by atoms with E-state index in [-0.39, 0.29) is 6.04 Å². The van der Waals surface area contributed by atoms with Gasteiger partial charge in [-0.2, -0.15) is 0 Å². The molecule has 0 saturated carbocycles. The molecule has 3 rings (SSSR count). The average Bonchev–Trinajstić information content (AvgIpc) is 3.11. The van der Waals surface area contributed by atoms with Crippen LogP contribution in [0.1, 0.15) is 13.3 Å². The van der Waals surface area contributed by atoms with Gasteiger partial charge in [-0.05, 0) is 42.8 Å². The zero-order chi connectivity index (χ0) is 17.6. The van der Waals surface area contributed by atoms with Gasteiger partial charge in [0.15, 0.2) is 0 Å². The Labute approximate surface area is 152 Å². The molecular formula is C22H25N2P. The number of benzene rings is 2. The van der Waals surface area contributed by atoms with Crippen molar-refractivity contribution in [3.8, 4) is 0 Å². The van der Waals surface area contributed by atoms with E-state index in [1.54, 1.807) is 0 Å². The fourth-order valence-corrected chi connectivity index (χ4v) is 5.64. The van der Waals surface area contributed by atoms with Gasteiger partial charge in [-0.25, -0.2) is 0 Å². The first kappa shape index (κ1) is 17.6. The molecule has 0 heterocycles. The molecule has 0 N–H and O–H groups in total. The van der Waals surface area contributed by atoms with E-state index in [1.807, 2.05) is 25.3 Å². The van der Waals surface area contributed by atoms with Gasteiger partial charge in [0, 0.05) is 14.1 Å². The van der Waals surface area contributed by atoms with Gasteiger partial charge in [-0.1, -0.05) is 72.8 Å². The van der Waals surface area contributed by atoms with Gasteiger partial charge in [0.05, 0.1) is 12.4 Å². The van der Waals surface area contributed by atoms with E-state index in [1.165, 1.54) is 21.5 Å². The van der Waals surface area contributed by atoms with Crippen molar-refractivity contribution in [1.82, 2.24) is 4.90 Å². The maximum Gasteiger partial charge on any atom is 0.0852 e. The van der Waals surface area contributed by atoms with Crippen LogP contribution in [-0.2, 0) is 0 Å². The fraction of sp³-hybridized carbons (Fsp3) is 0.227. The molecule has 1 aliphatic carbocycles. The highest BCUT2D eigenvalue weighted by atomic mass is 31.1. The molecule has 1 atom stereocenters. The van der Waals surface area contributed by atoms with E-state index in [0.717, 1.165) is 6.42 Å². The number of aliphatic imine (C=N–C) groups is 1. The highest BCUT2D eigenvalue weighted by Crippen LogP contribution is 2.49. The summed E-state index contributed by atoms with van der Waals surface area (Å²) in [6.07, 6.45) is 7.65. The Balaban J connectivity index is 1.98. The molecule has 0 fully saturated rings. The highest BCUT2D eigenvalue weighted by molar-refractivity contribution is 7.77. The minimum absolute atomic E-state index is 0.175. The van der Waals surface area contributed by atoms with Crippen LogP contribution >= 0.6 is 7.92 Å². The Bertz CT molecular complexity index is 737. The molecule has 25 heavy (non-hydrogen) atoms. The highest BCUT2D eigenvalue weighted by Gasteiger charge is 2.26. The van der Waals surface area contributed by atoms with Crippen molar-refractivity contribution >= 4 is 24.9 Å². The summed E-state index contributed by atoms with van der Waals surface area (Å²) >= 11 is 0. The lowest BCUT2D eigenvalue weighted by molar-refractivity contribution is 0.634. The van der Waals surface area contributed by atoms with Crippen molar-refractivity contribution < 1.29 is 0 Å². The first-order valence-corrected chi connectivity index (χ1v) is 10.0. The first-order chi connectivity index (χ1) is 12.2. The average molecular weight is 348 g/mol. The Morgan fingerprint density at radius 1 is 0.920 bits per heavy atom. The Morgan fingerprint density at radius 2 is 1.48 bits per heavy atom. The molecule has 2 aromatic rings. The molecule has 0 aliphatic heterocycles. The quantitative estimate of drug-likeness (QED) is 0.431. The third kappa shape index (κ3) is 4.27. The van der Waals surface area contributed by atoms with Crippen LogP contribution in [0.15, 0.2) is 88.7 Å². The Morgan fingerprint density at radius 3 is 2.00 bits per heavy atom. The molecule has 0 amide bonds. The lowest BCUT2D eigenvalue weighted by Crippen LogP contribution is -2.17. The topological polar surface area (TPSA) is 15.6 Å². The van der Waals surface area contributed by atoms with Gasteiger partial charge in [-0.15, -0.1) is 0 Å². The van der Waals surface area contributed by atoms with Crippen LogP contribution in [0.25, 0.3) is 0 Å². The molecule has 0 unspecified atom stereocenters. The summed E-state index contributed by atoms with van der Waals surface area (Å²) < 4.78 is 0. The summed E-state index contributed by atoms with van der Waals surface area (Å²) in [4.78, 5) is 6.72. The minimum Gasteiger partial charge on any atom is -0.369 e. The van der Waals surface area contributed by atoms with Gasteiger partial charge in [-0.3, -0.25) is 4.99 Å². The summed E-state index contributed by atoms with van der Waals surface area (Å²) in [5.74, 6) is 0. The predicted octanol–water partition coefficient (Wildman–Crippen LogP) is 4.31. The zero-order valence-corrected chi connectivity index (χ0v) is 16.0. The standard InChI is InChI=1S/C22H25N2P/c1-18(23-17-24(2)3)21-15-10-16-22(21)25(19-11-6-4-7-12-19)20-13-8-5-9-14-20/h4-9,11-18H,10H2,1-3H3/b23-17+/t18-/m1/s1. The fourth-order valence-electron chi connectivity index (χ4n) is 3.02. The van der Waals surface area contributed by atoms with Crippen LogP contribution in [0.5, 0.6) is 0 Å². The SMILES string of the molecule is C[C@@H](/N=C/N(C)C)C1=CCC=C1P(c1ccccc1)c1ccccc1. The second-order valence-electron chi connectivity index (χ2n) is 6.40. The lowest BCUT2D eigenvalue weighted by atomic mass is 10.1. The van der Waals surface area contributed by atoms with E-state index in [4.69, 9.17) is 4.99 Å². The van der Waals surface area contributed by atoms with Crippen molar-refractivity contribution in [1.29, 1.82) is 0 Å². The molecule has 0 aromatic heterocycles. The number of rotatable bonds is 6. The second kappa shape index (κ2) is 8.27. The third-order valence-electron chi connectivity index (χ3n) is 4.19. The maximum atomic E-state index is 4.73. The Kier molecular flexibility index (Phi) is 5.83. The minimum atomic E-state index is -0.544. The van der Waals surface area contributed by atoms with Gasteiger partial charge in [0.2, 0.25) is 0 Å². The van der Waals surface area contributed by atoms with Gasteiger partial charge in [0.25, 0.3) is 0 Å². The van der Waals surface area contributed by atoms with E-state index >= 15 is 0 Å². The first-order valence-electron chi connectivity index (χ1n) is 8.67. The number of hydrogen-bond acceptors (Lipinski definition) is 1. The largest absolute Gasteiger partial charge is 0.369 e. The number of hydrogen-bond donors (Lipinski definition) is 0. The second-order valence-corrected chi connectivity index (χ2v) is 8.58. The van der Waals surface area contributed by atoms with E-state index in [2.05, 4.69) is 79.7 Å². The maximum absolute atomic E-state index is 4.73. The van der Waals surface area contributed by atoms with Crippen LogP contribution in [0.3, 0.4) is 0 Å². The smallest absolute Gasteiger partial charge is 0.0852 e. The molecule has 3 heteroatoms. The summed E-state index contributed by atoms with van der Waals surface area (Å²) in [5.41, 5.74) is 1.37. The molecular weight excluding hydrogens is 323 g/mol. The van der Waals surface area contributed by atoms with E-state index in [0.29, 0.717) is 0 Å². The van der Waals surface area contributed by atoms with Gasteiger partial charge >= 0.3 is 0 Å². The summed E-state index contributed by atoms with van der Waals surface area (Å²) in [6.45, 7) is 2.19. The predicted molar refractivity (Wildman–Crippen MR) is 111 cm³/mol. The molecule has 2 nitrogen and oxygen atoms in total. The molecule has 128 valence electrons. The summed E-state index contributed by atoms with van der Waals surface area (Å²) in [5, 5.41) is 4.24. The van der Waals surface area contributed by atoms with E-state index in [9.17, 15) is 0 Å². The molecule has 0 saturated heterocycles. The zero-order valence-electron chi connectivity index (χ0n) is 15.1. The van der Waals surface area contributed by atoms with Crippen molar-refractivity contribution in [3.05, 3.63) is 83.7 Å². The van der Waals surface area contributed by atoms with E-state index < -0.39 is 7.92 Å². The van der Waals surface area contributed by atoms with Crippen molar-refractivity contribution in [2.24, 2.45) is 4.99 Å². The van der Waals surface area contributed by atoms with Crippen LogP contribution in [0.2, 0.25) is 0 Å². The number of allylic oxidation sites excluding steroid dienone is 2. The van der Waals surface area contributed by atoms with Crippen molar-refractivity contribution in [2.75, 3.05) is 14.1 Å².